The van der Waals surface area contributed by atoms with Crippen molar-refractivity contribution in [1.82, 2.24) is 4.90 Å². The third-order valence-corrected chi connectivity index (χ3v) is 3.17. The molecular formula is C14H25NO3. The van der Waals surface area contributed by atoms with Gasteiger partial charge in [0, 0.05) is 12.0 Å². The predicted molar refractivity (Wildman–Crippen MR) is 70.4 cm³/mol. The second-order valence-corrected chi connectivity index (χ2v) is 6.39. The minimum atomic E-state index is -0.523. The van der Waals surface area contributed by atoms with Crippen LogP contribution in [0, 0.1) is 5.92 Å². The largest absolute Gasteiger partial charge is 0.444 e. The summed E-state index contributed by atoms with van der Waals surface area (Å²) in [6.07, 6.45) is 1.24. The number of rotatable bonds is 2. The summed E-state index contributed by atoms with van der Waals surface area (Å²) in [5.74, 6) is 0.0791. The van der Waals surface area contributed by atoms with Crippen LogP contribution in [-0.4, -0.2) is 34.5 Å². The number of carbonyl (C=O) groups is 2. The van der Waals surface area contributed by atoms with Crippen LogP contribution >= 0.6 is 0 Å². The fourth-order valence-electron chi connectivity index (χ4n) is 2.27. The molecule has 18 heavy (non-hydrogen) atoms. The van der Waals surface area contributed by atoms with Gasteiger partial charge in [0.15, 0.2) is 5.78 Å². The number of carbonyl (C=O) groups excluding carboxylic acids is 2. The van der Waals surface area contributed by atoms with E-state index >= 15 is 0 Å². The zero-order valence-corrected chi connectivity index (χ0v) is 12.3. The molecule has 4 heteroatoms. The van der Waals surface area contributed by atoms with Crippen molar-refractivity contribution in [1.29, 1.82) is 0 Å². The Morgan fingerprint density at radius 1 is 1.22 bits per heavy atom. The van der Waals surface area contributed by atoms with E-state index in [1.54, 1.807) is 4.90 Å². The molecule has 0 N–H and O–H groups in total. The number of hydrogen-bond donors (Lipinski definition) is 0. The van der Waals surface area contributed by atoms with E-state index in [4.69, 9.17) is 4.74 Å². The van der Waals surface area contributed by atoms with Gasteiger partial charge >= 0.3 is 6.09 Å². The van der Waals surface area contributed by atoms with Crippen molar-refractivity contribution in [2.45, 2.75) is 72.1 Å². The molecule has 0 aromatic rings. The summed E-state index contributed by atoms with van der Waals surface area (Å²) in [6, 6.07) is -0.234. The number of amides is 1. The molecule has 2 atom stereocenters. The van der Waals surface area contributed by atoms with Crippen molar-refractivity contribution in [2.24, 2.45) is 5.92 Å². The van der Waals surface area contributed by atoms with Gasteiger partial charge in [0.25, 0.3) is 0 Å². The van der Waals surface area contributed by atoms with E-state index in [0.717, 1.165) is 12.8 Å². The Morgan fingerprint density at radius 3 is 2.22 bits per heavy atom. The summed E-state index contributed by atoms with van der Waals surface area (Å²) < 4.78 is 5.39. The summed E-state index contributed by atoms with van der Waals surface area (Å²) in [5.41, 5.74) is -0.523. The molecule has 0 aromatic heterocycles. The first-order chi connectivity index (χ1) is 8.13. The number of ketones is 1. The van der Waals surface area contributed by atoms with Crippen LogP contribution in [0.3, 0.4) is 0 Å². The van der Waals surface area contributed by atoms with Crippen LogP contribution in [0.1, 0.15) is 54.4 Å². The fourth-order valence-corrected chi connectivity index (χ4v) is 2.27. The normalized spacial score (nSPS) is 24.5. The van der Waals surface area contributed by atoms with Crippen LogP contribution in [-0.2, 0) is 9.53 Å². The number of likely N-dealkylation sites (tertiary alicyclic amines) is 1. The van der Waals surface area contributed by atoms with Crippen molar-refractivity contribution in [3.05, 3.63) is 0 Å². The SMILES string of the molecule is CC(C)C(=O)[C@@H]1CC[C@H](C)N1C(=O)OC(C)(C)C. The van der Waals surface area contributed by atoms with E-state index in [1.165, 1.54) is 0 Å². The molecule has 104 valence electrons. The van der Waals surface area contributed by atoms with Gasteiger partial charge in [-0.1, -0.05) is 13.8 Å². The number of nitrogens with zero attached hydrogens (tertiary/aromatic N) is 1. The summed E-state index contributed by atoms with van der Waals surface area (Å²) in [5, 5.41) is 0. The Kier molecular flexibility index (Phi) is 4.41. The molecule has 1 saturated heterocycles. The monoisotopic (exact) mass is 255 g/mol. The molecule has 0 saturated carbocycles. The molecular weight excluding hydrogens is 230 g/mol. The standard InChI is InChI=1S/C14H25NO3/c1-9(2)12(16)11-8-7-10(3)15(11)13(17)18-14(4,5)6/h9-11H,7-8H2,1-6H3/t10-,11-/m0/s1. The van der Waals surface area contributed by atoms with Crippen LogP contribution in [0.4, 0.5) is 4.79 Å². The van der Waals surface area contributed by atoms with Gasteiger partial charge in [0.2, 0.25) is 0 Å². The van der Waals surface area contributed by atoms with Crippen molar-refractivity contribution >= 4 is 11.9 Å². The molecule has 0 bridgehead atoms. The Hall–Kier alpha value is -1.06. The second kappa shape index (κ2) is 5.29. The van der Waals surface area contributed by atoms with Crippen molar-refractivity contribution < 1.29 is 14.3 Å². The third-order valence-electron chi connectivity index (χ3n) is 3.17. The van der Waals surface area contributed by atoms with Crippen LogP contribution in [0.2, 0.25) is 0 Å². The first kappa shape index (κ1) is 15.0. The van der Waals surface area contributed by atoms with Crippen molar-refractivity contribution in [3.63, 3.8) is 0 Å². The maximum atomic E-state index is 12.2. The lowest BCUT2D eigenvalue weighted by Gasteiger charge is -2.31. The van der Waals surface area contributed by atoms with Gasteiger partial charge in [-0.05, 0) is 40.5 Å². The van der Waals surface area contributed by atoms with E-state index in [2.05, 4.69) is 0 Å². The zero-order valence-electron chi connectivity index (χ0n) is 12.3. The summed E-state index contributed by atoms with van der Waals surface area (Å²) in [4.78, 5) is 25.9. The predicted octanol–water partition coefficient (Wildman–Crippen LogP) is 3.00. The highest BCUT2D eigenvalue weighted by atomic mass is 16.6. The van der Waals surface area contributed by atoms with Crippen LogP contribution in [0.5, 0.6) is 0 Å². The lowest BCUT2D eigenvalue weighted by Crippen LogP contribution is -2.47. The lowest BCUT2D eigenvalue weighted by molar-refractivity contribution is -0.126. The summed E-state index contributed by atoms with van der Waals surface area (Å²) in [7, 11) is 0. The van der Waals surface area contributed by atoms with Crippen molar-refractivity contribution in [3.8, 4) is 0 Å². The Balaban J connectivity index is 2.82. The third kappa shape index (κ3) is 3.47. The zero-order chi connectivity index (χ0) is 14.1. The number of Topliss-reactive ketones (excluding diaryl/α,β-unsaturated/α-hetero) is 1. The molecule has 1 aliphatic rings. The van der Waals surface area contributed by atoms with Crippen LogP contribution in [0.15, 0.2) is 0 Å². The smallest absolute Gasteiger partial charge is 0.411 e. The molecule has 1 fully saturated rings. The average Bonchev–Trinajstić information content (AvgIpc) is 2.56. The molecule has 1 heterocycles. The van der Waals surface area contributed by atoms with Gasteiger partial charge in [0.1, 0.15) is 5.60 Å². The van der Waals surface area contributed by atoms with E-state index in [9.17, 15) is 9.59 Å². The Morgan fingerprint density at radius 2 is 1.78 bits per heavy atom. The summed E-state index contributed by atoms with van der Waals surface area (Å²) in [6.45, 7) is 11.2. The molecule has 1 aliphatic heterocycles. The average molecular weight is 255 g/mol. The highest BCUT2D eigenvalue weighted by molar-refractivity contribution is 5.89. The minimum absolute atomic E-state index is 0.0507. The van der Waals surface area contributed by atoms with Gasteiger partial charge in [0.05, 0.1) is 6.04 Å². The summed E-state index contributed by atoms with van der Waals surface area (Å²) >= 11 is 0. The van der Waals surface area contributed by atoms with Gasteiger partial charge in [-0.3, -0.25) is 9.69 Å². The fraction of sp³-hybridized carbons (Fsp3) is 0.857. The Bertz CT molecular complexity index is 330. The van der Waals surface area contributed by atoms with E-state index < -0.39 is 5.60 Å². The van der Waals surface area contributed by atoms with Gasteiger partial charge in [-0.25, -0.2) is 4.79 Å². The van der Waals surface area contributed by atoms with E-state index in [1.807, 2.05) is 41.5 Å². The van der Waals surface area contributed by atoms with E-state index in [0.29, 0.717) is 0 Å². The maximum absolute atomic E-state index is 12.2. The molecule has 0 unspecified atom stereocenters. The number of ether oxygens (including phenoxy) is 1. The minimum Gasteiger partial charge on any atom is -0.444 e. The second-order valence-electron chi connectivity index (χ2n) is 6.39. The van der Waals surface area contributed by atoms with Crippen LogP contribution in [0.25, 0.3) is 0 Å². The van der Waals surface area contributed by atoms with Crippen LogP contribution < -0.4 is 0 Å². The molecule has 1 amide bonds. The molecule has 4 nitrogen and oxygen atoms in total. The number of hydrogen-bond acceptors (Lipinski definition) is 3. The van der Waals surface area contributed by atoms with Gasteiger partial charge in [-0.15, -0.1) is 0 Å². The quantitative estimate of drug-likeness (QED) is 0.762. The van der Waals surface area contributed by atoms with E-state index in [-0.39, 0.29) is 29.9 Å². The Labute approximate surface area is 110 Å². The highest BCUT2D eigenvalue weighted by Gasteiger charge is 2.41. The lowest BCUT2D eigenvalue weighted by atomic mass is 10.0. The van der Waals surface area contributed by atoms with Gasteiger partial charge < -0.3 is 4.74 Å². The molecule has 0 aliphatic carbocycles. The van der Waals surface area contributed by atoms with Gasteiger partial charge in [-0.2, -0.15) is 0 Å². The molecule has 0 aromatic carbocycles. The molecule has 0 radical (unpaired) electrons. The first-order valence-corrected chi connectivity index (χ1v) is 6.68. The topological polar surface area (TPSA) is 46.6 Å². The molecule has 1 rings (SSSR count). The first-order valence-electron chi connectivity index (χ1n) is 6.68. The maximum Gasteiger partial charge on any atom is 0.411 e. The molecule has 0 spiro atoms. The highest BCUT2D eigenvalue weighted by Crippen LogP contribution is 2.28. The van der Waals surface area contributed by atoms with Crippen molar-refractivity contribution in [2.75, 3.05) is 0 Å².